The van der Waals surface area contributed by atoms with Crippen molar-refractivity contribution in [3.63, 3.8) is 0 Å². The summed E-state index contributed by atoms with van der Waals surface area (Å²) in [6.45, 7) is 3.81. The summed E-state index contributed by atoms with van der Waals surface area (Å²) in [5, 5.41) is 13.7. The highest BCUT2D eigenvalue weighted by atomic mass is 16.3. The Balaban J connectivity index is 1.55. The molecular weight excluding hydrogens is 318 g/mol. The molecule has 0 bridgehead atoms. The summed E-state index contributed by atoms with van der Waals surface area (Å²) >= 11 is 0. The Morgan fingerprint density at radius 1 is 1.36 bits per heavy atom. The van der Waals surface area contributed by atoms with Crippen LogP contribution in [-0.2, 0) is 17.8 Å². The standard InChI is InChI=1S/C18H25N5O2/c1-2-15-20-9-11-22(15)12-17(24)21-13-18(25)7-5-10-23(14-18)16-6-3-4-8-19-16/h3-4,6,8-9,11,25H,2,5,7,10,12-14H2,1H3,(H,21,24)/t18-/m0/s1. The first-order valence-electron chi connectivity index (χ1n) is 8.75. The van der Waals surface area contributed by atoms with Crippen LogP contribution < -0.4 is 10.2 Å². The summed E-state index contributed by atoms with van der Waals surface area (Å²) < 4.78 is 1.83. The van der Waals surface area contributed by atoms with Crippen molar-refractivity contribution in [2.24, 2.45) is 0 Å². The largest absolute Gasteiger partial charge is 0.386 e. The predicted octanol–water partition coefficient (Wildman–Crippen LogP) is 0.988. The number of hydrogen-bond donors (Lipinski definition) is 2. The number of amides is 1. The lowest BCUT2D eigenvalue weighted by molar-refractivity contribution is -0.123. The van der Waals surface area contributed by atoms with E-state index < -0.39 is 5.60 Å². The number of pyridine rings is 1. The molecule has 3 heterocycles. The van der Waals surface area contributed by atoms with Crippen molar-refractivity contribution < 1.29 is 9.90 Å². The number of aliphatic hydroxyl groups is 1. The van der Waals surface area contributed by atoms with E-state index >= 15 is 0 Å². The SMILES string of the molecule is CCc1nccn1CC(=O)NC[C@@]1(O)CCCN(c2ccccn2)C1. The number of imidazole rings is 1. The van der Waals surface area contributed by atoms with Crippen LogP contribution in [0.5, 0.6) is 0 Å². The topological polar surface area (TPSA) is 83.3 Å². The van der Waals surface area contributed by atoms with Gasteiger partial charge >= 0.3 is 0 Å². The lowest BCUT2D eigenvalue weighted by atomic mass is 9.92. The van der Waals surface area contributed by atoms with E-state index in [0.29, 0.717) is 13.0 Å². The molecule has 3 rings (SSSR count). The van der Waals surface area contributed by atoms with Crippen LogP contribution in [0.2, 0.25) is 0 Å². The molecule has 0 radical (unpaired) electrons. The van der Waals surface area contributed by atoms with Crippen molar-refractivity contribution in [2.75, 3.05) is 24.5 Å². The minimum absolute atomic E-state index is 0.115. The van der Waals surface area contributed by atoms with Crippen molar-refractivity contribution >= 4 is 11.7 Å². The van der Waals surface area contributed by atoms with Gasteiger partial charge < -0.3 is 19.9 Å². The van der Waals surface area contributed by atoms with E-state index in [0.717, 1.165) is 31.0 Å². The van der Waals surface area contributed by atoms with Gasteiger partial charge in [-0.1, -0.05) is 13.0 Å². The van der Waals surface area contributed by atoms with Gasteiger partial charge in [0.1, 0.15) is 18.2 Å². The lowest BCUT2D eigenvalue weighted by Crippen LogP contribution is -2.54. The van der Waals surface area contributed by atoms with Gasteiger partial charge in [0.15, 0.2) is 0 Å². The summed E-state index contributed by atoms with van der Waals surface area (Å²) in [6, 6.07) is 5.75. The Morgan fingerprint density at radius 2 is 2.24 bits per heavy atom. The third kappa shape index (κ3) is 4.36. The first kappa shape index (κ1) is 17.4. The quantitative estimate of drug-likeness (QED) is 0.817. The zero-order valence-corrected chi connectivity index (χ0v) is 14.6. The van der Waals surface area contributed by atoms with Gasteiger partial charge in [0.25, 0.3) is 0 Å². The number of piperidine rings is 1. The molecule has 2 aromatic heterocycles. The molecule has 134 valence electrons. The second-order valence-corrected chi connectivity index (χ2v) is 6.54. The summed E-state index contributed by atoms with van der Waals surface area (Å²) in [7, 11) is 0. The monoisotopic (exact) mass is 343 g/mol. The number of β-amino-alcohol motifs (C(OH)–C–C–N with tert-alkyl or cyclic N) is 1. The van der Waals surface area contributed by atoms with Crippen LogP contribution in [0.25, 0.3) is 0 Å². The van der Waals surface area contributed by atoms with Crippen molar-refractivity contribution in [1.82, 2.24) is 19.9 Å². The molecule has 25 heavy (non-hydrogen) atoms. The molecule has 0 saturated carbocycles. The second kappa shape index (κ2) is 7.65. The minimum Gasteiger partial charge on any atom is -0.386 e. The van der Waals surface area contributed by atoms with Crippen molar-refractivity contribution in [3.8, 4) is 0 Å². The fourth-order valence-corrected chi connectivity index (χ4v) is 3.27. The van der Waals surface area contributed by atoms with E-state index in [1.165, 1.54) is 0 Å². The summed E-state index contributed by atoms with van der Waals surface area (Å²) in [5.74, 6) is 1.63. The fourth-order valence-electron chi connectivity index (χ4n) is 3.27. The van der Waals surface area contributed by atoms with Crippen molar-refractivity contribution in [1.29, 1.82) is 0 Å². The van der Waals surface area contributed by atoms with Crippen LogP contribution in [-0.4, -0.2) is 50.8 Å². The molecule has 2 aromatic rings. The van der Waals surface area contributed by atoms with E-state index in [9.17, 15) is 9.90 Å². The number of nitrogens with one attached hydrogen (secondary N) is 1. The fraction of sp³-hybridized carbons (Fsp3) is 0.500. The average Bonchev–Trinajstić information content (AvgIpc) is 3.08. The number of carbonyl (C=O) groups excluding carboxylic acids is 1. The maximum atomic E-state index is 12.2. The molecule has 1 aliphatic heterocycles. The molecule has 2 N–H and O–H groups in total. The lowest BCUT2D eigenvalue weighted by Gasteiger charge is -2.39. The average molecular weight is 343 g/mol. The number of anilines is 1. The summed E-state index contributed by atoms with van der Waals surface area (Å²) in [6.07, 6.45) is 7.57. The zero-order chi connectivity index (χ0) is 17.7. The maximum absolute atomic E-state index is 12.2. The Labute approximate surface area is 147 Å². The van der Waals surface area contributed by atoms with Gasteiger partial charge in [-0.05, 0) is 25.0 Å². The van der Waals surface area contributed by atoms with E-state index in [1.807, 2.05) is 29.7 Å². The van der Waals surface area contributed by atoms with E-state index in [-0.39, 0.29) is 19.0 Å². The molecule has 1 atom stereocenters. The number of rotatable bonds is 6. The molecule has 7 heteroatoms. The maximum Gasteiger partial charge on any atom is 0.240 e. The Bertz CT molecular complexity index is 703. The Kier molecular flexibility index (Phi) is 5.33. The smallest absolute Gasteiger partial charge is 0.240 e. The number of aromatic nitrogens is 3. The number of aryl methyl sites for hydroxylation is 1. The highest BCUT2D eigenvalue weighted by Gasteiger charge is 2.34. The molecule has 0 aliphatic carbocycles. The first-order chi connectivity index (χ1) is 12.1. The van der Waals surface area contributed by atoms with Crippen LogP contribution in [0.15, 0.2) is 36.8 Å². The molecule has 1 amide bonds. The van der Waals surface area contributed by atoms with Crippen LogP contribution in [0.4, 0.5) is 5.82 Å². The van der Waals surface area contributed by atoms with Gasteiger partial charge in [0, 0.05) is 44.6 Å². The van der Waals surface area contributed by atoms with Gasteiger partial charge in [-0.15, -0.1) is 0 Å². The number of carbonyl (C=O) groups is 1. The summed E-state index contributed by atoms with van der Waals surface area (Å²) in [5.41, 5.74) is -0.937. The molecule has 7 nitrogen and oxygen atoms in total. The van der Waals surface area contributed by atoms with E-state index in [1.54, 1.807) is 18.6 Å². The highest BCUT2D eigenvalue weighted by molar-refractivity contribution is 5.75. The Hall–Kier alpha value is -2.41. The van der Waals surface area contributed by atoms with Gasteiger partial charge in [0.2, 0.25) is 5.91 Å². The van der Waals surface area contributed by atoms with Gasteiger partial charge in [-0.2, -0.15) is 0 Å². The molecule has 0 spiro atoms. The zero-order valence-electron chi connectivity index (χ0n) is 14.6. The normalized spacial score (nSPS) is 20.5. The van der Waals surface area contributed by atoms with Crippen molar-refractivity contribution in [3.05, 3.63) is 42.6 Å². The minimum atomic E-state index is -0.937. The van der Waals surface area contributed by atoms with Crippen LogP contribution >= 0.6 is 0 Å². The van der Waals surface area contributed by atoms with Gasteiger partial charge in [-0.25, -0.2) is 9.97 Å². The number of hydrogen-bond acceptors (Lipinski definition) is 5. The Morgan fingerprint density at radius 3 is 3.00 bits per heavy atom. The highest BCUT2D eigenvalue weighted by Crippen LogP contribution is 2.24. The molecule has 1 saturated heterocycles. The van der Waals surface area contributed by atoms with Gasteiger partial charge in [-0.3, -0.25) is 4.79 Å². The number of nitrogens with zero attached hydrogens (tertiary/aromatic N) is 4. The second-order valence-electron chi connectivity index (χ2n) is 6.54. The third-order valence-electron chi connectivity index (χ3n) is 4.58. The van der Waals surface area contributed by atoms with Gasteiger partial charge in [0.05, 0.1) is 5.60 Å². The van der Waals surface area contributed by atoms with Crippen molar-refractivity contribution in [2.45, 2.75) is 38.3 Å². The van der Waals surface area contributed by atoms with Crippen LogP contribution in [0.1, 0.15) is 25.6 Å². The molecule has 1 aliphatic rings. The molecule has 0 aromatic carbocycles. The summed E-state index contributed by atoms with van der Waals surface area (Å²) in [4.78, 5) is 22.9. The first-order valence-corrected chi connectivity index (χ1v) is 8.75. The van der Waals surface area contributed by atoms with E-state index in [2.05, 4.69) is 20.2 Å². The molecule has 0 unspecified atom stereocenters. The van der Waals surface area contributed by atoms with Crippen LogP contribution in [0, 0.1) is 0 Å². The van der Waals surface area contributed by atoms with Crippen LogP contribution in [0.3, 0.4) is 0 Å². The third-order valence-corrected chi connectivity index (χ3v) is 4.58. The molecular formula is C18H25N5O2. The molecule has 1 fully saturated rings. The predicted molar refractivity (Wildman–Crippen MR) is 95.2 cm³/mol. The van der Waals surface area contributed by atoms with E-state index in [4.69, 9.17) is 0 Å².